The number of hydrogen-bond donors (Lipinski definition) is 0. The number of benzene rings is 4. The van der Waals surface area contributed by atoms with Crippen molar-refractivity contribution in [3.63, 3.8) is 0 Å². The van der Waals surface area contributed by atoms with Crippen molar-refractivity contribution in [2.24, 2.45) is 22.7 Å². The minimum atomic E-state index is -0.507. The Hall–Kier alpha value is -3.49. The second-order valence-electron chi connectivity index (χ2n) is 11.0. The average molecular weight is 487 g/mol. The third-order valence-electron chi connectivity index (χ3n) is 8.85. The van der Waals surface area contributed by atoms with Crippen LogP contribution in [0.5, 0.6) is 0 Å². The van der Waals surface area contributed by atoms with E-state index in [0.29, 0.717) is 19.0 Å². The van der Waals surface area contributed by atoms with Crippen LogP contribution in [0.2, 0.25) is 0 Å². The number of fused-ring (bicyclic) bond motifs is 1. The van der Waals surface area contributed by atoms with E-state index in [1.54, 1.807) is 0 Å². The molecule has 2 heteroatoms. The molecule has 6 rings (SSSR count). The fourth-order valence-electron chi connectivity index (χ4n) is 7.29. The van der Waals surface area contributed by atoms with E-state index in [2.05, 4.69) is 121 Å². The number of Topliss-reactive ketones (excluding diaryl/α,β-unsaturated/α-hetero) is 1. The molecule has 37 heavy (non-hydrogen) atoms. The number of rotatable bonds is 8. The summed E-state index contributed by atoms with van der Waals surface area (Å²) in [7, 11) is 0. The van der Waals surface area contributed by atoms with Gasteiger partial charge in [0.25, 0.3) is 0 Å². The third kappa shape index (κ3) is 4.45. The summed E-state index contributed by atoms with van der Waals surface area (Å²) >= 11 is 0. The van der Waals surface area contributed by atoms with Crippen molar-refractivity contribution in [2.45, 2.75) is 25.7 Å². The molecule has 0 amide bonds. The lowest BCUT2D eigenvalue weighted by atomic mass is 9.65. The molecular formula is C35H34O2. The summed E-state index contributed by atoms with van der Waals surface area (Å²) in [5.41, 5.74) is 3.90. The van der Waals surface area contributed by atoms with Gasteiger partial charge in [0, 0.05) is 22.7 Å². The van der Waals surface area contributed by atoms with E-state index >= 15 is 4.79 Å². The van der Waals surface area contributed by atoms with Gasteiger partial charge in [0.1, 0.15) is 5.78 Å². The zero-order chi connectivity index (χ0) is 25.1. The van der Waals surface area contributed by atoms with Crippen LogP contribution in [0.1, 0.15) is 22.3 Å². The van der Waals surface area contributed by atoms with Crippen molar-refractivity contribution in [1.82, 2.24) is 0 Å². The summed E-state index contributed by atoms with van der Waals surface area (Å²) in [5.74, 6) is 0.805. The molecule has 186 valence electrons. The van der Waals surface area contributed by atoms with Gasteiger partial charge in [-0.15, -0.1) is 0 Å². The molecule has 0 spiro atoms. The van der Waals surface area contributed by atoms with E-state index < -0.39 is 10.8 Å². The summed E-state index contributed by atoms with van der Waals surface area (Å²) in [6.45, 7) is 1.31. The predicted octanol–water partition coefficient (Wildman–Crippen LogP) is 6.78. The first-order valence-corrected chi connectivity index (χ1v) is 13.5. The SMILES string of the molecule is O=C1C(Cc2ccccc2)(Cc2ccccc2)[C@@H]2COC[C@H]2C1(Cc1ccccc1)Cc1ccccc1. The Balaban J connectivity index is 1.51. The lowest BCUT2D eigenvalue weighted by molar-refractivity contribution is -0.137. The number of carbonyl (C=O) groups is 1. The maximum Gasteiger partial charge on any atom is 0.147 e. The van der Waals surface area contributed by atoms with Crippen molar-refractivity contribution in [3.8, 4) is 0 Å². The molecule has 0 aromatic heterocycles. The van der Waals surface area contributed by atoms with E-state index in [9.17, 15) is 0 Å². The highest BCUT2D eigenvalue weighted by atomic mass is 16.5. The van der Waals surface area contributed by atoms with Crippen LogP contribution in [0.4, 0.5) is 0 Å². The molecule has 0 bridgehead atoms. The Morgan fingerprint density at radius 1 is 0.486 bits per heavy atom. The van der Waals surface area contributed by atoms with Gasteiger partial charge in [0.2, 0.25) is 0 Å². The molecule has 1 aliphatic heterocycles. The molecule has 0 N–H and O–H groups in total. The van der Waals surface area contributed by atoms with E-state index in [1.165, 1.54) is 22.3 Å². The average Bonchev–Trinajstić information content (AvgIpc) is 3.50. The first-order chi connectivity index (χ1) is 18.2. The summed E-state index contributed by atoms with van der Waals surface area (Å²) in [6.07, 6.45) is 2.99. The number of ketones is 1. The number of ether oxygens (including phenoxy) is 1. The zero-order valence-corrected chi connectivity index (χ0v) is 21.3. The van der Waals surface area contributed by atoms with Crippen LogP contribution < -0.4 is 0 Å². The summed E-state index contributed by atoms with van der Waals surface area (Å²) in [4.78, 5) is 15.3. The maximum atomic E-state index is 15.3. The van der Waals surface area contributed by atoms with Gasteiger partial charge in [-0.25, -0.2) is 0 Å². The Morgan fingerprint density at radius 3 is 1.03 bits per heavy atom. The number of carbonyl (C=O) groups excluding carboxylic acids is 1. The fraction of sp³-hybridized carbons (Fsp3) is 0.286. The minimum Gasteiger partial charge on any atom is -0.381 e. The van der Waals surface area contributed by atoms with Crippen molar-refractivity contribution < 1.29 is 9.53 Å². The minimum absolute atomic E-state index is 0.188. The van der Waals surface area contributed by atoms with Crippen molar-refractivity contribution in [2.75, 3.05) is 13.2 Å². The summed E-state index contributed by atoms with van der Waals surface area (Å²) < 4.78 is 6.27. The highest BCUT2D eigenvalue weighted by Crippen LogP contribution is 2.61. The molecule has 0 unspecified atom stereocenters. The topological polar surface area (TPSA) is 26.3 Å². The molecule has 4 aromatic rings. The van der Waals surface area contributed by atoms with Crippen LogP contribution in [0.25, 0.3) is 0 Å². The van der Waals surface area contributed by atoms with Crippen LogP contribution in [0, 0.1) is 22.7 Å². The lowest BCUT2D eigenvalue weighted by Crippen LogP contribution is -2.45. The summed E-state index contributed by atoms with van der Waals surface area (Å²) in [5, 5.41) is 0. The molecule has 4 aromatic carbocycles. The van der Waals surface area contributed by atoms with Gasteiger partial charge in [-0.2, -0.15) is 0 Å². The second-order valence-corrected chi connectivity index (χ2v) is 11.0. The molecule has 2 nitrogen and oxygen atoms in total. The van der Waals surface area contributed by atoms with Crippen LogP contribution in [-0.2, 0) is 35.2 Å². The van der Waals surface area contributed by atoms with E-state index in [4.69, 9.17) is 4.74 Å². The number of hydrogen-bond acceptors (Lipinski definition) is 2. The van der Waals surface area contributed by atoms with Gasteiger partial charge in [0.05, 0.1) is 13.2 Å². The quantitative estimate of drug-likeness (QED) is 0.275. The standard InChI is InChI=1S/C35H34O2/c36-33-34(21-27-13-5-1-6-14-27,22-28-15-7-2-8-16-28)31-25-37-26-32(31)35(33,23-29-17-9-3-10-18-29)24-30-19-11-4-12-20-30/h1-20,31-32H,21-26H2/t31-,32-/m1/s1. The van der Waals surface area contributed by atoms with Crippen LogP contribution in [0.15, 0.2) is 121 Å². The molecule has 1 aliphatic carbocycles. The summed E-state index contributed by atoms with van der Waals surface area (Å²) in [6, 6.07) is 42.4. The molecule has 2 aliphatic rings. The van der Waals surface area contributed by atoms with Crippen LogP contribution in [-0.4, -0.2) is 19.0 Å². The highest BCUT2D eigenvalue weighted by molar-refractivity contribution is 5.95. The Kier molecular flexibility index (Phi) is 6.52. The molecule has 2 atom stereocenters. The monoisotopic (exact) mass is 486 g/mol. The molecule has 2 fully saturated rings. The Labute approximate surface area is 220 Å². The Bertz CT molecular complexity index is 1130. The third-order valence-corrected chi connectivity index (χ3v) is 8.85. The van der Waals surface area contributed by atoms with Crippen LogP contribution in [0.3, 0.4) is 0 Å². The van der Waals surface area contributed by atoms with Crippen LogP contribution >= 0.6 is 0 Å². The fourth-order valence-corrected chi connectivity index (χ4v) is 7.29. The smallest absolute Gasteiger partial charge is 0.147 e. The zero-order valence-electron chi connectivity index (χ0n) is 21.3. The van der Waals surface area contributed by atoms with E-state index in [1.807, 2.05) is 0 Å². The predicted molar refractivity (Wildman–Crippen MR) is 148 cm³/mol. The van der Waals surface area contributed by atoms with Crippen molar-refractivity contribution >= 4 is 5.78 Å². The first-order valence-electron chi connectivity index (χ1n) is 13.5. The molecule has 1 saturated heterocycles. The van der Waals surface area contributed by atoms with Gasteiger partial charge in [0.15, 0.2) is 0 Å². The van der Waals surface area contributed by atoms with Gasteiger partial charge in [-0.3, -0.25) is 4.79 Å². The highest BCUT2D eigenvalue weighted by Gasteiger charge is 2.68. The molecule has 1 saturated carbocycles. The Morgan fingerprint density at radius 2 is 0.757 bits per heavy atom. The normalized spacial score (nSPS) is 21.6. The maximum absolute atomic E-state index is 15.3. The molecular weight excluding hydrogens is 452 g/mol. The molecule has 0 radical (unpaired) electrons. The molecule has 1 heterocycles. The van der Waals surface area contributed by atoms with E-state index in [-0.39, 0.29) is 11.8 Å². The van der Waals surface area contributed by atoms with E-state index in [0.717, 1.165) is 25.7 Å². The van der Waals surface area contributed by atoms with Gasteiger partial charge in [-0.1, -0.05) is 121 Å². The van der Waals surface area contributed by atoms with Gasteiger partial charge in [-0.05, 0) is 47.9 Å². The van der Waals surface area contributed by atoms with Crippen molar-refractivity contribution in [3.05, 3.63) is 144 Å². The second kappa shape index (κ2) is 10.1. The largest absolute Gasteiger partial charge is 0.381 e. The van der Waals surface area contributed by atoms with Gasteiger partial charge < -0.3 is 4.74 Å². The van der Waals surface area contributed by atoms with Crippen molar-refractivity contribution in [1.29, 1.82) is 0 Å². The van der Waals surface area contributed by atoms with Gasteiger partial charge >= 0.3 is 0 Å². The lowest BCUT2D eigenvalue weighted by Gasteiger charge is -2.36. The first kappa shape index (κ1) is 23.9.